The SMILES string of the molecule is Cc1nc(N[C@H](C)c2cccc(C(F)F)c2F)c2cc(OC3CCOC3)c(OCCO)cc2n1. The van der Waals surface area contributed by atoms with Crippen LogP contribution < -0.4 is 14.8 Å². The van der Waals surface area contributed by atoms with Gasteiger partial charge in [0.15, 0.2) is 11.5 Å². The number of fused-ring (bicyclic) bond motifs is 1. The summed E-state index contributed by atoms with van der Waals surface area (Å²) in [7, 11) is 0. The number of nitrogens with zero attached hydrogens (tertiary/aromatic N) is 2. The van der Waals surface area contributed by atoms with E-state index in [0.29, 0.717) is 47.3 Å². The van der Waals surface area contributed by atoms with Crippen LogP contribution in [-0.2, 0) is 4.74 Å². The molecule has 0 spiro atoms. The molecule has 10 heteroatoms. The van der Waals surface area contributed by atoms with E-state index >= 15 is 0 Å². The molecule has 1 fully saturated rings. The molecule has 7 nitrogen and oxygen atoms in total. The number of nitrogens with one attached hydrogen (secondary N) is 1. The van der Waals surface area contributed by atoms with Crippen molar-refractivity contribution in [2.24, 2.45) is 0 Å². The number of hydrogen-bond acceptors (Lipinski definition) is 7. The highest BCUT2D eigenvalue weighted by Crippen LogP contribution is 2.37. The lowest BCUT2D eigenvalue weighted by Gasteiger charge is -2.20. The second kappa shape index (κ2) is 10.4. The Balaban J connectivity index is 1.72. The van der Waals surface area contributed by atoms with E-state index in [4.69, 9.17) is 14.2 Å². The van der Waals surface area contributed by atoms with Crippen LogP contribution in [0.2, 0.25) is 0 Å². The molecule has 2 atom stereocenters. The number of anilines is 1. The van der Waals surface area contributed by atoms with Crippen LogP contribution in [0.4, 0.5) is 19.0 Å². The zero-order chi connectivity index (χ0) is 24.2. The van der Waals surface area contributed by atoms with Crippen molar-refractivity contribution in [3.05, 3.63) is 53.1 Å². The number of alkyl halides is 2. The Labute approximate surface area is 194 Å². The van der Waals surface area contributed by atoms with E-state index in [2.05, 4.69) is 15.3 Å². The first-order chi connectivity index (χ1) is 16.4. The number of halogens is 3. The molecule has 1 aliphatic heterocycles. The molecule has 0 amide bonds. The van der Waals surface area contributed by atoms with Gasteiger partial charge in [-0.15, -0.1) is 0 Å². The fourth-order valence-corrected chi connectivity index (χ4v) is 3.86. The van der Waals surface area contributed by atoms with E-state index in [1.165, 1.54) is 12.1 Å². The maximum absolute atomic E-state index is 14.7. The summed E-state index contributed by atoms with van der Waals surface area (Å²) in [5.41, 5.74) is 0.00618. The highest BCUT2D eigenvalue weighted by molar-refractivity contribution is 5.92. The number of aliphatic hydroxyl groups excluding tert-OH is 1. The fraction of sp³-hybridized carbons (Fsp3) is 0.417. The summed E-state index contributed by atoms with van der Waals surface area (Å²) < 4.78 is 58.2. The van der Waals surface area contributed by atoms with Crippen LogP contribution in [-0.4, -0.2) is 47.6 Å². The van der Waals surface area contributed by atoms with Crippen molar-refractivity contribution in [3.8, 4) is 11.5 Å². The lowest BCUT2D eigenvalue weighted by Crippen LogP contribution is -2.17. The number of aliphatic hydroxyl groups is 1. The van der Waals surface area contributed by atoms with Gasteiger partial charge in [-0.2, -0.15) is 0 Å². The second-order valence-corrected chi connectivity index (χ2v) is 8.03. The van der Waals surface area contributed by atoms with E-state index < -0.39 is 23.8 Å². The van der Waals surface area contributed by atoms with Crippen molar-refractivity contribution in [2.45, 2.75) is 38.8 Å². The van der Waals surface area contributed by atoms with Crippen LogP contribution in [0, 0.1) is 12.7 Å². The van der Waals surface area contributed by atoms with Crippen molar-refractivity contribution >= 4 is 16.7 Å². The summed E-state index contributed by atoms with van der Waals surface area (Å²) in [5, 5.41) is 12.9. The van der Waals surface area contributed by atoms with Gasteiger partial charge in [-0.1, -0.05) is 18.2 Å². The number of benzene rings is 2. The van der Waals surface area contributed by atoms with Gasteiger partial charge in [-0.3, -0.25) is 0 Å². The highest BCUT2D eigenvalue weighted by atomic mass is 19.3. The van der Waals surface area contributed by atoms with Gasteiger partial charge in [0, 0.05) is 23.4 Å². The third kappa shape index (κ3) is 5.18. The van der Waals surface area contributed by atoms with Crippen LogP contribution in [0.3, 0.4) is 0 Å². The second-order valence-electron chi connectivity index (χ2n) is 8.03. The molecule has 4 rings (SSSR count). The Hall–Kier alpha value is -3.11. The predicted molar refractivity (Wildman–Crippen MR) is 120 cm³/mol. The van der Waals surface area contributed by atoms with Gasteiger partial charge in [0.05, 0.1) is 36.9 Å². The topological polar surface area (TPSA) is 85.7 Å². The average molecular weight is 477 g/mol. The predicted octanol–water partition coefficient (Wildman–Crippen LogP) is 4.73. The number of rotatable bonds is 9. The molecule has 1 aliphatic rings. The summed E-state index contributed by atoms with van der Waals surface area (Å²) in [6, 6.07) is 6.70. The minimum Gasteiger partial charge on any atom is -0.487 e. The number of hydrogen-bond donors (Lipinski definition) is 2. The summed E-state index contributed by atoms with van der Waals surface area (Å²) in [4.78, 5) is 8.93. The van der Waals surface area contributed by atoms with Gasteiger partial charge in [-0.25, -0.2) is 23.1 Å². The molecule has 0 aliphatic carbocycles. The van der Waals surface area contributed by atoms with Gasteiger partial charge in [0.1, 0.15) is 30.2 Å². The summed E-state index contributed by atoms with van der Waals surface area (Å²) >= 11 is 0. The van der Waals surface area contributed by atoms with Crippen molar-refractivity contribution < 1.29 is 32.5 Å². The zero-order valence-electron chi connectivity index (χ0n) is 18.9. The summed E-state index contributed by atoms with van der Waals surface area (Å²) in [6.45, 7) is 4.34. The molecule has 2 aromatic carbocycles. The van der Waals surface area contributed by atoms with E-state index in [1.807, 2.05) is 0 Å². The molecule has 2 N–H and O–H groups in total. The van der Waals surface area contributed by atoms with E-state index in [0.717, 1.165) is 12.5 Å². The molecule has 3 aromatic rings. The molecular weight excluding hydrogens is 451 g/mol. The zero-order valence-corrected chi connectivity index (χ0v) is 18.9. The molecular formula is C24H26F3N3O4. The quantitative estimate of drug-likeness (QED) is 0.461. The molecule has 0 saturated carbocycles. The summed E-state index contributed by atoms with van der Waals surface area (Å²) in [6.07, 6.45) is -2.34. The number of aromatic nitrogens is 2. The smallest absolute Gasteiger partial charge is 0.266 e. The lowest BCUT2D eigenvalue weighted by molar-refractivity contribution is 0.135. The Kier molecular flexibility index (Phi) is 7.38. The summed E-state index contributed by atoms with van der Waals surface area (Å²) in [5.74, 6) is 0.761. The highest BCUT2D eigenvalue weighted by Gasteiger charge is 2.23. The van der Waals surface area contributed by atoms with Gasteiger partial charge in [-0.05, 0) is 19.9 Å². The molecule has 2 heterocycles. The first-order valence-corrected chi connectivity index (χ1v) is 11.0. The van der Waals surface area contributed by atoms with Crippen LogP contribution in [0.5, 0.6) is 11.5 Å². The van der Waals surface area contributed by atoms with Gasteiger partial charge in [0.2, 0.25) is 0 Å². The van der Waals surface area contributed by atoms with Crippen molar-refractivity contribution in [1.29, 1.82) is 0 Å². The molecule has 1 saturated heterocycles. The molecule has 1 unspecified atom stereocenters. The van der Waals surface area contributed by atoms with Crippen LogP contribution in [0.25, 0.3) is 10.9 Å². The Morgan fingerprint density at radius 1 is 1.21 bits per heavy atom. The molecule has 182 valence electrons. The maximum atomic E-state index is 14.7. The van der Waals surface area contributed by atoms with E-state index in [9.17, 15) is 18.3 Å². The third-order valence-electron chi connectivity index (χ3n) is 5.52. The van der Waals surface area contributed by atoms with Crippen LogP contribution in [0.1, 0.15) is 42.8 Å². The van der Waals surface area contributed by atoms with Gasteiger partial charge < -0.3 is 24.6 Å². The fourth-order valence-electron chi connectivity index (χ4n) is 3.86. The Morgan fingerprint density at radius 3 is 2.71 bits per heavy atom. The van der Waals surface area contributed by atoms with Crippen LogP contribution >= 0.6 is 0 Å². The molecule has 1 aromatic heterocycles. The van der Waals surface area contributed by atoms with Crippen molar-refractivity contribution in [2.75, 3.05) is 31.7 Å². The first-order valence-electron chi connectivity index (χ1n) is 11.0. The first kappa shape index (κ1) is 24.0. The van der Waals surface area contributed by atoms with Gasteiger partial charge >= 0.3 is 0 Å². The minimum absolute atomic E-state index is 0.0784. The standard InChI is InChI=1S/C24H26F3N3O4/c1-13(16-4-3-5-17(22(16)25)23(26)27)28-24-18-10-21(34-15-6-8-32-12-15)20(33-9-7-31)11-19(18)29-14(2)30-24/h3-5,10-11,13,15,23,31H,6-9,12H2,1-2H3,(H,28,29,30)/t13-,15?/m1/s1. The van der Waals surface area contributed by atoms with Crippen molar-refractivity contribution in [3.63, 3.8) is 0 Å². The van der Waals surface area contributed by atoms with Crippen molar-refractivity contribution in [1.82, 2.24) is 9.97 Å². The minimum atomic E-state index is -2.91. The largest absolute Gasteiger partial charge is 0.487 e. The Bertz CT molecular complexity index is 1160. The normalized spacial score (nSPS) is 16.7. The van der Waals surface area contributed by atoms with E-state index in [1.54, 1.807) is 26.0 Å². The molecule has 0 bridgehead atoms. The maximum Gasteiger partial charge on any atom is 0.266 e. The van der Waals surface area contributed by atoms with Gasteiger partial charge in [0.25, 0.3) is 6.43 Å². The number of ether oxygens (including phenoxy) is 3. The van der Waals surface area contributed by atoms with E-state index in [-0.39, 0.29) is 24.9 Å². The number of aryl methyl sites for hydroxylation is 1. The monoisotopic (exact) mass is 477 g/mol. The molecule has 34 heavy (non-hydrogen) atoms. The van der Waals surface area contributed by atoms with Crippen LogP contribution in [0.15, 0.2) is 30.3 Å². The lowest BCUT2D eigenvalue weighted by atomic mass is 10.0. The Morgan fingerprint density at radius 2 is 2.00 bits per heavy atom. The average Bonchev–Trinajstić information content (AvgIpc) is 3.31. The molecule has 0 radical (unpaired) electrons. The third-order valence-corrected chi connectivity index (χ3v) is 5.52.